The van der Waals surface area contributed by atoms with Crippen LogP contribution in [0.5, 0.6) is 0 Å². The van der Waals surface area contributed by atoms with Crippen LogP contribution in [-0.4, -0.2) is 19.5 Å². The third kappa shape index (κ3) is 2.71. The van der Waals surface area contributed by atoms with Crippen molar-refractivity contribution in [2.24, 2.45) is 0 Å². The number of hydrogen-bond donors (Lipinski definition) is 0. The van der Waals surface area contributed by atoms with Gasteiger partial charge in [0.15, 0.2) is 5.78 Å². The minimum Gasteiger partial charge on any atom is -0.385 e. The van der Waals surface area contributed by atoms with Crippen LogP contribution < -0.4 is 0 Å². The summed E-state index contributed by atoms with van der Waals surface area (Å²) in [5.74, 6) is 0.288. The molecule has 3 heteroatoms. The van der Waals surface area contributed by atoms with E-state index in [1.807, 2.05) is 0 Å². The quantitative estimate of drug-likeness (QED) is 0.581. The van der Waals surface area contributed by atoms with E-state index in [1.54, 1.807) is 18.4 Å². The second-order valence-electron chi connectivity index (χ2n) is 4.29. The predicted octanol–water partition coefficient (Wildman–Crippen LogP) is 3.24. The highest BCUT2D eigenvalue weighted by Crippen LogP contribution is 2.30. The number of ether oxygens (including phenoxy) is 1. The Morgan fingerprint density at radius 2 is 2.25 bits per heavy atom. The SMILES string of the molecule is COCCCC(=O)c1cc2c(s1)CCCC2. The maximum absolute atomic E-state index is 11.9. The third-order valence-corrected chi connectivity index (χ3v) is 4.30. The van der Waals surface area contributed by atoms with Crippen LogP contribution in [-0.2, 0) is 17.6 Å². The zero-order chi connectivity index (χ0) is 11.4. The summed E-state index contributed by atoms with van der Waals surface area (Å²) >= 11 is 1.71. The average Bonchev–Trinajstić information content (AvgIpc) is 2.73. The van der Waals surface area contributed by atoms with E-state index >= 15 is 0 Å². The fourth-order valence-corrected chi connectivity index (χ4v) is 3.35. The number of rotatable bonds is 5. The Morgan fingerprint density at radius 3 is 3.00 bits per heavy atom. The van der Waals surface area contributed by atoms with Crippen LogP contribution in [0.3, 0.4) is 0 Å². The minimum atomic E-state index is 0.288. The van der Waals surface area contributed by atoms with E-state index in [4.69, 9.17) is 4.74 Å². The van der Waals surface area contributed by atoms with Gasteiger partial charge in [-0.3, -0.25) is 4.79 Å². The molecule has 0 unspecified atom stereocenters. The molecule has 0 N–H and O–H groups in total. The lowest BCUT2D eigenvalue weighted by atomic mass is 9.99. The first-order valence-corrected chi connectivity index (χ1v) is 6.76. The number of carbonyl (C=O) groups is 1. The van der Waals surface area contributed by atoms with Gasteiger partial charge in [0.1, 0.15) is 0 Å². The summed E-state index contributed by atoms with van der Waals surface area (Å²) in [6.45, 7) is 0.677. The third-order valence-electron chi connectivity index (χ3n) is 3.02. The summed E-state index contributed by atoms with van der Waals surface area (Å²) in [6.07, 6.45) is 6.35. The molecule has 2 rings (SSSR count). The number of carbonyl (C=O) groups excluding carboxylic acids is 1. The second kappa shape index (κ2) is 5.60. The van der Waals surface area contributed by atoms with E-state index in [0.717, 1.165) is 17.7 Å². The van der Waals surface area contributed by atoms with E-state index in [1.165, 1.54) is 29.7 Å². The van der Waals surface area contributed by atoms with Gasteiger partial charge < -0.3 is 4.74 Å². The van der Waals surface area contributed by atoms with Crippen LogP contribution >= 0.6 is 11.3 Å². The molecule has 1 aliphatic carbocycles. The molecule has 0 atom stereocenters. The van der Waals surface area contributed by atoms with Crippen molar-refractivity contribution in [3.05, 3.63) is 21.4 Å². The van der Waals surface area contributed by atoms with Crippen LogP contribution in [0.1, 0.15) is 45.8 Å². The molecule has 16 heavy (non-hydrogen) atoms. The monoisotopic (exact) mass is 238 g/mol. The molecule has 0 spiro atoms. The van der Waals surface area contributed by atoms with Gasteiger partial charge in [0.25, 0.3) is 0 Å². The molecule has 0 amide bonds. The zero-order valence-electron chi connectivity index (χ0n) is 9.75. The molecule has 0 aliphatic heterocycles. The van der Waals surface area contributed by atoms with Gasteiger partial charge in [-0.05, 0) is 43.7 Å². The van der Waals surface area contributed by atoms with Gasteiger partial charge in [-0.2, -0.15) is 0 Å². The van der Waals surface area contributed by atoms with Crippen LogP contribution in [0, 0.1) is 0 Å². The topological polar surface area (TPSA) is 26.3 Å². The molecular weight excluding hydrogens is 220 g/mol. The number of Topliss-reactive ketones (excluding diaryl/α,β-unsaturated/α-hetero) is 1. The predicted molar refractivity (Wildman–Crippen MR) is 66.4 cm³/mol. The van der Waals surface area contributed by atoms with Crippen molar-refractivity contribution in [3.8, 4) is 0 Å². The van der Waals surface area contributed by atoms with Crippen molar-refractivity contribution < 1.29 is 9.53 Å². The largest absolute Gasteiger partial charge is 0.385 e. The fourth-order valence-electron chi connectivity index (χ4n) is 2.13. The van der Waals surface area contributed by atoms with Crippen LogP contribution in [0.25, 0.3) is 0 Å². The Morgan fingerprint density at radius 1 is 1.44 bits per heavy atom. The summed E-state index contributed by atoms with van der Waals surface area (Å²) in [5.41, 5.74) is 1.42. The maximum atomic E-state index is 11.9. The Hall–Kier alpha value is -0.670. The zero-order valence-corrected chi connectivity index (χ0v) is 10.6. The maximum Gasteiger partial charge on any atom is 0.172 e. The van der Waals surface area contributed by atoms with Crippen molar-refractivity contribution in [2.75, 3.05) is 13.7 Å². The van der Waals surface area contributed by atoms with Crippen LogP contribution in [0.2, 0.25) is 0 Å². The standard InChI is InChI=1S/C13H18O2S/c1-15-8-4-6-11(14)13-9-10-5-2-3-7-12(10)16-13/h9H,2-8H2,1H3. The summed E-state index contributed by atoms with van der Waals surface area (Å²) in [4.78, 5) is 14.3. The first-order chi connectivity index (χ1) is 7.81. The molecule has 1 aromatic heterocycles. The number of hydrogen-bond acceptors (Lipinski definition) is 3. The number of aryl methyl sites for hydroxylation is 2. The summed E-state index contributed by atoms with van der Waals surface area (Å²) < 4.78 is 4.96. The lowest BCUT2D eigenvalue weighted by molar-refractivity contribution is 0.0967. The minimum absolute atomic E-state index is 0.288. The van der Waals surface area contributed by atoms with E-state index in [9.17, 15) is 4.79 Å². The van der Waals surface area contributed by atoms with Crippen LogP contribution in [0.4, 0.5) is 0 Å². The highest BCUT2D eigenvalue weighted by atomic mass is 32.1. The van der Waals surface area contributed by atoms with Crippen molar-refractivity contribution in [3.63, 3.8) is 0 Å². The molecule has 0 saturated carbocycles. The molecule has 0 saturated heterocycles. The van der Waals surface area contributed by atoms with Crippen molar-refractivity contribution in [2.45, 2.75) is 38.5 Å². The molecule has 0 fully saturated rings. The summed E-state index contributed by atoms with van der Waals surface area (Å²) in [6, 6.07) is 2.12. The highest BCUT2D eigenvalue weighted by molar-refractivity contribution is 7.14. The number of ketones is 1. The van der Waals surface area contributed by atoms with Gasteiger partial charge in [0.05, 0.1) is 4.88 Å². The second-order valence-corrected chi connectivity index (χ2v) is 5.42. The van der Waals surface area contributed by atoms with Gasteiger partial charge in [0.2, 0.25) is 0 Å². The summed E-state index contributed by atoms with van der Waals surface area (Å²) in [7, 11) is 1.67. The summed E-state index contributed by atoms with van der Waals surface area (Å²) in [5, 5.41) is 0. The van der Waals surface area contributed by atoms with Crippen molar-refractivity contribution in [1.82, 2.24) is 0 Å². The normalized spacial score (nSPS) is 14.8. The Labute approximate surface area is 101 Å². The smallest absolute Gasteiger partial charge is 0.172 e. The molecule has 2 nitrogen and oxygen atoms in total. The molecule has 1 aromatic rings. The van der Waals surface area contributed by atoms with Gasteiger partial charge >= 0.3 is 0 Å². The van der Waals surface area contributed by atoms with Gasteiger partial charge in [0, 0.05) is 25.0 Å². The first kappa shape index (κ1) is 11.8. The molecule has 88 valence electrons. The molecular formula is C13H18O2S. The fraction of sp³-hybridized carbons (Fsp3) is 0.615. The average molecular weight is 238 g/mol. The van der Waals surface area contributed by atoms with Crippen molar-refractivity contribution >= 4 is 17.1 Å². The molecule has 0 bridgehead atoms. The van der Waals surface area contributed by atoms with E-state index < -0.39 is 0 Å². The van der Waals surface area contributed by atoms with E-state index in [0.29, 0.717) is 13.0 Å². The lowest BCUT2D eigenvalue weighted by Crippen LogP contribution is -1.99. The number of methoxy groups -OCH3 is 1. The van der Waals surface area contributed by atoms with Gasteiger partial charge in [-0.1, -0.05) is 0 Å². The van der Waals surface area contributed by atoms with E-state index in [-0.39, 0.29) is 5.78 Å². The Kier molecular flexibility index (Phi) is 4.13. The van der Waals surface area contributed by atoms with Gasteiger partial charge in [-0.25, -0.2) is 0 Å². The van der Waals surface area contributed by atoms with Crippen molar-refractivity contribution in [1.29, 1.82) is 0 Å². The first-order valence-electron chi connectivity index (χ1n) is 5.95. The molecule has 0 radical (unpaired) electrons. The molecule has 0 aromatic carbocycles. The number of thiophene rings is 1. The van der Waals surface area contributed by atoms with E-state index in [2.05, 4.69) is 6.07 Å². The Bertz CT molecular complexity index is 345. The lowest BCUT2D eigenvalue weighted by Gasteiger charge is -2.08. The Balaban J connectivity index is 1.98. The van der Waals surface area contributed by atoms with Crippen LogP contribution in [0.15, 0.2) is 6.07 Å². The number of fused-ring (bicyclic) bond motifs is 1. The molecule has 1 heterocycles. The van der Waals surface area contributed by atoms with Gasteiger partial charge in [-0.15, -0.1) is 11.3 Å². The molecule has 1 aliphatic rings. The highest BCUT2D eigenvalue weighted by Gasteiger charge is 2.16.